The monoisotopic (exact) mass is 265 g/mol. The van der Waals surface area contributed by atoms with Crippen LogP contribution in [-0.2, 0) is 16.0 Å². The molecular weight excluding hydrogens is 245 g/mol. The summed E-state index contributed by atoms with van der Waals surface area (Å²) in [6, 6.07) is 5.00. The van der Waals surface area contributed by atoms with Crippen molar-refractivity contribution < 1.29 is 13.9 Å². The van der Waals surface area contributed by atoms with Crippen molar-refractivity contribution in [1.29, 1.82) is 0 Å². The summed E-state index contributed by atoms with van der Waals surface area (Å²) in [5.74, 6) is -0.551. The summed E-state index contributed by atoms with van der Waals surface area (Å²) < 4.78 is 24.7. The highest BCUT2D eigenvalue weighted by molar-refractivity contribution is 5.26. The van der Waals surface area contributed by atoms with E-state index in [4.69, 9.17) is 9.47 Å². The van der Waals surface area contributed by atoms with Gasteiger partial charge in [0.25, 0.3) is 0 Å². The summed E-state index contributed by atoms with van der Waals surface area (Å²) in [4.78, 5) is 2.34. The topological polar surface area (TPSA) is 21.7 Å². The molecule has 2 aliphatic heterocycles. The van der Waals surface area contributed by atoms with Crippen LogP contribution in [-0.4, -0.2) is 37.0 Å². The van der Waals surface area contributed by atoms with Crippen LogP contribution in [0.15, 0.2) is 18.2 Å². The Morgan fingerprint density at radius 3 is 2.84 bits per heavy atom. The van der Waals surface area contributed by atoms with Crippen molar-refractivity contribution in [2.45, 2.75) is 32.1 Å². The molecule has 0 bridgehead atoms. The Morgan fingerprint density at radius 1 is 1.32 bits per heavy atom. The van der Waals surface area contributed by atoms with Crippen molar-refractivity contribution in [2.75, 3.05) is 26.3 Å². The maximum absolute atomic E-state index is 13.1. The molecule has 2 saturated heterocycles. The number of nitrogens with zero attached hydrogens (tertiary/aromatic N) is 1. The van der Waals surface area contributed by atoms with Crippen LogP contribution in [0, 0.1) is 12.7 Å². The van der Waals surface area contributed by atoms with E-state index in [0.29, 0.717) is 13.2 Å². The van der Waals surface area contributed by atoms with Gasteiger partial charge in [0.1, 0.15) is 5.82 Å². The number of ether oxygens (including phenoxy) is 2. The van der Waals surface area contributed by atoms with E-state index in [1.54, 1.807) is 6.07 Å². The quantitative estimate of drug-likeness (QED) is 0.820. The summed E-state index contributed by atoms with van der Waals surface area (Å²) in [5, 5.41) is 0. The van der Waals surface area contributed by atoms with E-state index in [-0.39, 0.29) is 11.6 Å². The number of likely N-dealkylation sites (tertiary alicyclic amines) is 1. The van der Waals surface area contributed by atoms with E-state index < -0.39 is 0 Å². The number of halogens is 1. The standard InChI is InChI=1S/C15H20FNO2/c1-12-9-14(16)4-3-13(12)10-17-6-2-5-15(11-17)18-7-8-19-15/h3-4,9H,2,5-8,10-11H2,1H3. The lowest BCUT2D eigenvalue weighted by Crippen LogP contribution is -2.48. The third kappa shape index (κ3) is 2.81. The summed E-state index contributed by atoms with van der Waals surface area (Å²) in [6.07, 6.45) is 2.06. The molecule has 4 heteroatoms. The summed E-state index contributed by atoms with van der Waals surface area (Å²) in [6.45, 7) is 6.04. The van der Waals surface area contributed by atoms with Crippen LogP contribution in [0.3, 0.4) is 0 Å². The molecule has 0 aliphatic carbocycles. The smallest absolute Gasteiger partial charge is 0.181 e. The number of aryl methyl sites for hydroxylation is 1. The van der Waals surface area contributed by atoms with Crippen LogP contribution in [0.1, 0.15) is 24.0 Å². The molecule has 1 aromatic carbocycles. The molecule has 0 amide bonds. The Balaban J connectivity index is 1.69. The fourth-order valence-electron chi connectivity index (χ4n) is 3.02. The highest BCUT2D eigenvalue weighted by atomic mass is 19.1. The number of hydrogen-bond acceptors (Lipinski definition) is 3. The van der Waals surface area contributed by atoms with Gasteiger partial charge in [0.15, 0.2) is 5.79 Å². The molecule has 3 nitrogen and oxygen atoms in total. The first-order valence-corrected chi connectivity index (χ1v) is 6.92. The van der Waals surface area contributed by atoms with Crippen LogP contribution in [0.2, 0.25) is 0 Å². The molecule has 0 atom stereocenters. The van der Waals surface area contributed by atoms with E-state index >= 15 is 0 Å². The highest BCUT2D eigenvalue weighted by Gasteiger charge is 2.40. The minimum atomic E-state index is -0.383. The van der Waals surface area contributed by atoms with Gasteiger partial charge in [-0.25, -0.2) is 4.39 Å². The average molecular weight is 265 g/mol. The fraction of sp³-hybridized carbons (Fsp3) is 0.600. The number of benzene rings is 1. The predicted octanol–water partition coefficient (Wildman–Crippen LogP) is 2.47. The van der Waals surface area contributed by atoms with Gasteiger partial charge in [0.2, 0.25) is 0 Å². The third-order valence-corrected chi connectivity index (χ3v) is 4.01. The van der Waals surface area contributed by atoms with Crippen molar-refractivity contribution in [3.05, 3.63) is 35.1 Å². The zero-order chi connectivity index (χ0) is 13.3. The molecule has 0 saturated carbocycles. The first-order valence-electron chi connectivity index (χ1n) is 6.92. The predicted molar refractivity (Wildman–Crippen MR) is 70.3 cm³/mol. The Morgan fingerprint density at radius 2 is 2.11 bits per heavy atom. The Hall–Kier alpha value is -0.970. The van der Waals surface area contributed by atoms with E-state index in [2.05, 4.69) is 4.90 Å². The first kappa shape index (κ1) is 13.0. The number of hydrogen-bond donors (Lipinski definition) is 0. The number of rotatable bonds is 2. The molecule has 104 valence electrons. The SMILES string of the molecule is Cc1cc(F)ccc1CN1CCCC2(C1)OCCO2. The van der Waals surface area contributed by atoms with Crippen LogP contribution in [0.25, 0.3) is 0 Å². The third-order valence-electron chi connectivity index (χ3n) is 4.01. The minimum Gasteiger partial charge on any atom is -0.346 e. The second kappa shape index (κ2) is 5.19. The molecule has 1 aromatic rings. The lowest BCUT2D eigenvalue weighted by atomic mass is 10.0. The first-order chi connectivity index (χ1) is 9.17. The molecule has 2 aliphatic rings. The highest BCUT2D eigenvalue weighted by Crippen LogP contribution is 2.30. The van der Waals surface area contributed by atoms with Crippen molar-refractivity contribution in [3.8, 4) is 0 Å². The maximum atomic E-state index is 13.1. The molecular formula is C15H20FNO2. The maximum Gasteiger partial charge on any atom is 0.181 e. The van der Waals surface area contributed by atoms with Gasteiger partial charge in [-0.2, -0.15) is 0 Å². The van der Waals surface area contributed by atoms with Gasteiger partial charge in [-0.05, 0) is 43.1 Å². The van der Waals surface area contributed by atoms with Crippen molar-refractivity contribution >= 4 is 0 Å². The zero-order valence-corrected chi connectivity index (χ0v) is 11.3. The summed E-state index contributed by atoms with van der Waals surface area (Å²) >= 11 is 0. The number of piperidine rings is 1. The second-order valence-corrected chi connectivity index (χ2v) is 5.49. The molecule has 0 aromatic heterocycles. The molecule has 0 radical (unpaired) electrons. The molecule has 0 N–H and O–H groups in total. The van der Waals surface area contributed by atoms with E-state index in [0.717, 1.165) is 38.0 Å². The lowest BCUT2D eigenvalue weighted by molar-refractivity contribution is -0.190. The Labute approximate surface area is 113 Å². The van der Waals surface area contributed by atoms with Gasteiger partial charge in [0.05, 0.1) is 19.8 Å². The molecule has 0 unspecified atom stereocenters. The molecule has 1 spiro atoms. The van der Waals surface area contributed by atoms with Crippen LogP contribution >= 0.6 is 0 Å². The van der Waals surface area contributed by atoms with Gasteiger partial charge in [-0.1, -0.05) is 6.07 Å². The van der Waals surface area contributed by atoms with E-state index in [1.165, 1.54) is 11.6 Å². The fourth-order valence-corrected chi connectivity index (χ4v) is 3.02. The van der Waals surface area contributed by atoms with Crippen molar-refractivity contribution in [2.24, 2.45) is 0 Å². The lowest BCUT2D eigenvalue weighted by Gasteiger charge is -2.38. The van der Waals surface area contributed by atoms with Gasteiger partial charge in [-0.15, -0.1) is 0 Å². The Kier molecular flexibility index (Phi) is 3.56. The summed E-state index contributed by atoms with van der Waals surface area (Å²) in [5.41, 5.74) is 2.18. The van der Waals surface area contributed by atoms with Gasteiger partial charge < -0.3 is 9.47 Å². The van der Waals surface area contributed by atoms with Crippen LogP contribution in [0.4, 0.5) is 4.39 Å². The van der Waals surface area contributed by atoms with Crippen molar-refractivity contribution in [3.63, 3.8) is 0 Å². The second-order valence-electron chi connectivity index (χ2n) is 5.49. The molecule has 19 heavy (non-hydrogen) atoms. The van der Waals surface area contributed by atoms with Gasteiger partial charge in [-0.3, -0.25) is 4.90 Å². The Bertz CT molecular complexity index is 457. The normalized spacial score (nSPS) is 23.1. The largest absolute Gasteiger partial charge is 0.346 e. The van der Waals surface area contributed by atoms with Crippen LogP contribution < -0.4 is 0 Å². The molecule has 2 heterocycles. The molecule has 2 fully saturated rings. The van der Waals surface area contributed by atoms with E-state index in [9.17, 15) is 4.39 Å². The van der Waals surface area contributed by atoms with Crippen LogP contribution in [0.5, 0.6) is 0 Å². The van der Waals surface area contributed by atoms with E-state index in [1.807, 2.05) is 13.0 Å². The molecule has 3 rings (SSSR count). The zero-order valence-electron chi connectivity index (χ0n) is 11.3. The minimum absolute atomic E-state index is 0.168. The van der Waals surface area contributed by atoms with Gasteiger partial charge in [0, 0.05) is 13.0 Å². The average Bonchev–Trinajstić information content (AvgIpc) is 2.81. The summed E-state index contributed by atoms with van der Waals surface area (Å²) in [7, 11) is 0. The van der Waals surface area contributed by atoms with Gasteiger partial charge >= 0.3 is 0 Å². The van der Waals surface area contributed by atoms with Crippen molar-refractivity contribution in [1.82, 2.24) is 4.90 Å².